The molecule has 0 N–H and O–H groups in total. The molecule has 0 aliphatic heterocycles. The minimum absolute atomic E-state index is 0.616. The fraction of sp³-hybridized carbons (Fsp3) is 0.833. The highest BCUT2D eigenvalue weighted by Gasteiger charge is 2.23. The molecule has 2 heteroatoms. The van der Waals surface area contributed by atoms with Gasteiger partial charge in [0.25, 0.3) is 0 Å². The third-order valence-electron chi connectivity index (χ3n) is 6.22. The molecule has 0 unspecified atom stereocenters. The number of aromatic nitrogens is 2. The van der Waals surface area contributed by atoms with Crippen molar-refractivity contribution in [3.05, 3.63) is 23.8 Å². The van der Waals surface area contributed by atoms with E-state index in [9.17, 15) is 0 Å². The van der Waals surface area contributed by atoms with Crippen molar-refractivity contribution in [2.24, 2.45) is 5.92 Å². The molecule has 148 valence electrons. The largest absolute Gasteiger partial charge is 0.241 e. The Balaban J connectivity index is 1.62. The van der Waals surface area contributed by atoms with Crippen LogP contribution in [-0.2, 0) is 6.42 Å². The summed E-state index contributed by atoms with van der Waals surface area (Å²) in [5.41, 5.74) is 1.33. The molecule has 1 fully saturated rings. The molecular formula is C24H42N2. The first kappa shape index (κ1) is 21.4. The Morgan fingerprint density at radius 3 is 1.92 bits per heavy atom. The average Bonchev–Trinajstić information content (AvgIpc) is 2.69. The first-order valence-corrected chi connectivity index (χ1v) is 11.6. The van der Waals surface area contributed by atoms with Crippen LogP contribution in [0.4, 0.5) is 0 Å². The SMILES string of the molecule is CCCCCCCc1cnc([C@H]2CC[C@H](CCCCCCC)CC2)nc1. The molecule has 1 saturated carbocycles. The first-order chi connectivity index (χ1) is 12.8. The zero-order valence-corrected chi connectivity index (χ0v) is 17.5. The van der Waals surface area contributed by atoms with E-state index in [1.54, 1.807) is 0 Å². The van der Waals surface area contributed by atoms with Crippen LogP contribution in [0.5, 0.6) is 0 Å². The quantitative estimate of drug-likeness (QED) is 0.339. The van der Waals surface area contributed by atoms with Gasteiger partial charge in [-0.25, -0.2) is 9.97 Å². The van der Waals surface area contributed by atoms with E-state index < -0.39 is 0 Å². The summed E-state index contributed by atoms with van der Waals surface area (Å²) < 4.78 is 0. The summed E-state index contributed by atoms with van der Waals surface area (Å²) in [5, 5.41) is 0. The predicted octanol–water partition coefficient (Wildman–Crippen LogP) is 7.62. The van der Waals surface area contributed by atoms with Crippen molar-refractivity contribution in [1.82, 2.24) is 9.97 Å². The van der Waals surface area contributed by atoms with Crippen molar-refractivity contribution in [2.75, 3.05) is 0 Å². The van der Waals surface area contributed by atoms with Gasteiger partial charge in [0.2, 0.25) is 0 Å². The molecule has 0 bridgehead atoms. The Bertz CT molecular complexity index is 446. The molecule has 0 atom stereocenters. The van der Waals surface area contributed by atoms with Gasteiger partial charge in [0.15, 0.2) is 0 Å². The van der Waals surface area contributed by atoms with Crippen LogP contribution in [0.2, 0.25) is 0 Å². The lowest BCUT2D eigenvalue weighted by atomic mass is 9.79. The third kappa shape index (κ3) is 8.18. The average molecular weight is 359 g/mol. The van der Waals surface area contributed by atoms with Gasteiger partial charge in [-0.15, -0.1) is 0 Å². The maximum Gasteiger partial charge on any atom is 0.131 e. The fourth-order valence-electron chi connectivity index (χ4n) is 4.38. The summed E-state index contributed by atoms with van der Waals surface area (Å²) in [6.45, 7) is 4.57. The van der Waals surface area contributed by atoms with E-state index in [0.717, 1.165) is 18.2 Å². The van der Waals surface area contributed by atoms with Crippen LogP contribution in [0.25, 0.3) is 0 Å². The smallest absolute Gasteiger partial charge is 0.131 e. The fourth-order valence-corrected chi connectivity index (χ4v) is 4.38. The summed E-state index contributed by atoms with van der Waals surface area (Å²) in [6.07, 6.45) is 26.0. The van der Waals surface area contributed by atoms with Crippen LogP contribution < -0.4 is 0 Å². The predicted molar refractivity (Wildman–Crippen MR) is 113 cm³/mol. The van der Waals surface area contributed by atoms with E-state index in [0.29, 0.717) is 5.92 Å². The number of nitrogens with zero attached hydrogens (tertiary/aromatic N) is 2. The zero-order valence-electron chi connectivity index (χ0n) is 17.5. The summed E-state index contributed by atoms with van der Waals surface area (Å²) in [7, 11) is 0. The lowest BCUT2D eigenvalue weighted by Crippen LogP contribution is -2.15. The summed E-state index contributed by atoms with van der Waals surface area (Å²) in [4.78, 5) is 9.45. The van der Waals surface area contributed by atoms with Crippen LogP contribution in [0.3, 0.4) is 0 Å². The molecule has 1 aromatic heterocycles. The van der Waals surface area contributed by atoms with E-state index in [1.165, 1.54) is 102 Å². The molecule has 1 aromatic rings. The highest BCUT2D eigenvalue weighted by molar-refractivity contribution is 5.08. The molecular weight excluding hydrogens is 316 g/mol. The van der Waals surface area contributed by atoms with Gasteiger partial charge in [-0.1, -0.05) is 78.1 Å². The van der Waals surface area contributed by atoms with Gasteiger partial charge >= 0.3 is 0 Å². The Kier molecular flexibility index (Phi) is 10.9. The van der Waals surface area contributed by atoms with Gasteiger partial charge in [-0.05, 0) is 50.0 Å². The molecule has 0 amide bonds. The van der Waals surface area contributed by atoms with Crippen LogP contribution in [0, 0.1) is 5.92 Å². The van der Waals surface area contributed by atoms with Crippen molar-refractivity contribution >= 4 is 0 Å². The minimum atomic E-state index is 0.616. The van der Waals surface area contributed by atoms with Gasteiger partial charge < -0.3 is 0 Å². The number of unbranched alkanes of at least 4 members (excludes halogenated alkanes) is 8. The number of rotatable bonds is 13. The summed E-state index contributed by atoms with van der Waals surface area (Å²) in [5.74, 6) is 2.70. The number of hydrogen-bond donors (Lipinski definition) is 0. The van der Waals surface area contributed by atoms with E-state index in [2.05, 4.69) is 26.2 Å². The molecule has 26 heavy (non-hydrogen) atoms. The second kappa shape index (κ2) is 13.3. The molecule has 1 aliphatic carbocycles. The van der Waals surface area contributed by atoms with Crippen LogP contribution in [-0.4, -0.2) is 9.97 Å². The summed E-state index contributed by atoms with van der Waals surface area (Å²) in [6, 6.07) is 0. The standard InChI is InChI=1S/C24H42N2/c1-3-5-7-9-11-13-21-15-17-23(18-16-21)24-25-19-22(20-26-24)14-12-10-8-6-4-2/h19-21,23H,3-18H2,1-2H3/t21-,23-. The molecule has 0 spiro atoms. The molecule has 0 aromatic carbocycles. The molecule has 0 saturated heterocycles. The van der Waals surface area contributed by atoms with Gasteiger partial charge in [0, 0.05) is 18.3 Å². The lowest BCUT2D eigenvalue weighted by Gasteiger charge is -2.27. The number of hydrogen-bond acceptors (Lipinski definition) is 2. The molecule has 2 rings (SSSR count). The minimum Gasteiger partial charge on any atom is -0.241 e. The van der Waals surface area contributed by atoms with E-state index in [1.807, 2.05) is 0 Å². The van der Waals surface area contributed by atoms with E-state index in [4.69, 9.17) is 9.97 Å². The van der Waals surface area contributed by atoms with Crippen molar-refractivity contribution in [2.45, 2.75) is 122 Å². The van der Waals surface area contributed by atoms with Crippen molar-refractivity contribution in [3.8, 4) is 0 Å². The van der Waals surface area contributed by atoms with Crippen molar-refractivity contribution in [1.29, 1.82) is 0 Å². The topological polar surface area (TPSA) is 25.8 Å². The Labute approximate surface area is 162 Å². The Morgan fingerprint density at radius 2 is 1.31 bits per heavy atom. The normalized spacial score (nSPS) is 20.4. The molecule has 1 aliphatic rings. The highest BCUT2D eigenvalue weighted by Crippen LogP contribution is 2.36. The van der Waals surface area contributed by atoms with E-state index >= 15 is 0 Å². The number of aryl methyl sites for hydroxylation is 1. The monoisotopic (exact) mass is 358 g/mol. The maximum absolute atomic E-state index is 4.73. The first-order valence-electron chi connectivity index (χ1n) is 11.6. The van der Waals surface area contributed by atoms with E-state index in [-0.39, 0.29) is 0 Å². The second-order valence-corrected chi connectivity index (χ2v) is 8.53. The van der Waals surface area contributed by atoms with Crippen molar-refractivity contribution < 1.29 is 0 Å². The second-order valence-electron chi connectivity index (χ2n) is 8.53. The highest BCUT2D eigenvalue weighted by atomic mass is 14.9. The molecule has 0 radical (unpaired) electrons. The van der Waals surface area contributed by atoms with Crippen molar-refractivity contribution in [3.63, 3.8) is 0 Å². The third-order valence-corrected chi connectivity index (χ3v) is 6.22. The van der Waals surface area contributed by atoms with Gasteiger partial charge in [-0.2, -0.15) is 0 Å². The van der Waals surface area contributed by atoms with Gasteiger partial charge in [0.05, 0.1) is 0 Å². The van der Waals surface area contributed by atoms with Gasteiger partial charge in [-0.3, -0.25) is 0 Å². The lowest BCUT2D eigenvalue weighted by molar-refractivity contribution is 0.296. The van der Waals surface area contributed by atoms with Crippen LogP contribution in [0.15, 0.2) is 12.4 Å². The Morgan fingerprint density at radius 1 is 0.731 bits per heavy atom. The van der Waals surface area contributed by atoms with Crippen LogP contribution >= 0.6 is 0 Å². The maximum atomic E-state index is 4.73. The van der Waals surface area contributed by atoms with Gasteiger partial charge in [0.1, 0.15) is 5.82 Å². The zero-order chi connectivity index (χ0) is 18.5. The Hall–Kier alpha value is -0.920. The molecule has 2 nitrogen and oxygen atoms in total. The summed E-state index contributed by atoms with van der Waals surface area (Å²) >= 11 is 0. The van der Waals surface area contributed by atoms with Crippen LogP contribution in [0.1, 0.15) is 127 Å². The molecule has 1 heterocycles.